The fraction of sp³-hybridized carbons (Fsp3) is 0.0714. The number of fused-ring (bicyclic) bond motifs is 3. The Bertz CT molecular complexity index is 692. The van der Waals surface area contributed by atoms with Gasteiger partial charge in [-0.2, -0.15) is 0 Å². The summed E-state index contributed by atoms with van der Waals surface area (Å²) in [7, 11) is 0. The molecule has 0 aliphatic rings. The predicted molar refractivity (Wildman–Crippen MR) is 68.4 cm³/mol. The van der Waals surface area contributed by atoms with Crippen LogP contribution in [0.15, 0.2) is 43.1 Å². The van der Waals surface area contributed by atoms with E-state index in [0.29, 0.717) is 0 Å². The molecule has 2 heteroatoms. The van der Waals surface area contributed by atoms with E-state index in [1.807, 2.05) is 25.4 Å². The third-order valence-corrected chi connectivity index (χ3v) is 2.98. The van der Waals surface area contributed by atoms with Crippen LogP contribution in [-0.2, 0) is 0 Å². The quantitative estimate of drug-likeness (QED) is 0.597. The highest BCUT2D eigenvalue weighted by atomic mass is 15.0. The average Bonchev–Trinajstić information content (AvgIpc) is 2.65. The summed E-state index contributed by atoms with van der Waals surface area (Å²) in [5.74, 6) is 0. The topological polar surface area (TPSA) is 17.8 Å². The molecule has 0 unspecified atom stereocenters. The maximum atomic E-state index is 4.34. The molecule has 0 atom stereocenters. The molecule has 0 radical (unpaired) electrons. The van der Waals surface area contributed by atoms with Gasteiger partial charge in [-0.15, -0.1) is 0 Å². The Morgan fingerprint density at radius 3 is 2.81 bits per heavy atom. The number of para-hydroxylation sites is 1. The van der Waals surface area contributed by atoms with Gasteiger partial charge in [0.1, 0.15) is 0 Å². The van der Waals surface area contributed by atoms with E-state index in [1.54, 1.807) is 0 Å². The van der Waals surface area contributed by atoms with E-state index in [1.165, 1.54) is 16.3 Å². The van der Waals surface area contributed by atoms with Crippen molar-refractivity contribution in [2.75, 3.05) is 0 Å². The zero-order chi connectivity index (χ0) is 11.1. The molecular formula is C14H12N2. The summed E-state index contributed by atoms with van der Waals surface area (Å²) in [6, 6.07) is 10.4. The molecule has 0 saturated carbocycles. The summed E-state index contributed by atoms with van der Waals surface area (Å²) in [6.07, 6.45) is 3.71. The van der Waals surface area contributed by atoms with Crippen molar-refractivity contribution < 1.29 is 0 Å². The second kappa shape index (κ2) is 3.20. The fourth-order valence-electron chi connectivity index (χ4n) is 2.30. The first-order valence-corrected chi connectivity index (χ1v) is 5.29. The largest absolute Gasteiger partial charge is 0.315 e. The van der Waals surface area contributed by atoms with Gasteiger partial charge in [0, 0.05) is 23.2 Å². The van der Waals surface area contributed by atoms with Crippen LogP contribution in [0.2, 0.25) is 0 Å². The third kappa shape index (κ3) is 1.04. The minimum atomic E-state index is 1.04. The van der Waals surface area contributed by atoms with Gasteiger partial charge >= 0.3 is 0 Å². The lowest BCUT2D eigenvalue weighted by atomic mass is 10.2. The number of hydrogen-bond donors (Lipinski definition) is 0. The Balaban J connectivity index is 2.70. The van der Waals surface area contributed by atoms with Gasteiger partial charge in [-0.25, -0.2) is 0 Å². The number of hydrogen-bond acceptors (Lipinski definition) is 1. The van der Waals surface area contributed by atoms with Crippen molar-refractivity contribution >= 4 is 28.0 Å². The molecule has 0 spiro atoms. The van der Waals surface area contributed by atoms with Crippen LogP contribution in [0.5, 0.6) is 0 Å². The first-order valence-electron chi connectivity index (χ1n) is 5.29. The van der Waals surface area contributed by atoms with Crippen LogP contribution in [0, 0.1) is 6.92 Å². The molecule has 0 N–H and O–H groups in total. The van der Waals surface area contributed by atoms with Gasteiger partial charge in [0.15, 0.2) is 0 Å². The van der Waals surface area contributed by atoms with Crippen LogP contribution in [0.3, 0.4) is 0 Å². The predicted octanol–water partition coefficient (Wildman–Crippen LogP) is 3.60. The molecule has 1 aromatic carbocycles. The molecule has 0 aliphatic heterocycles. The normalized spacial score (nSPS) is 11.1. The number of rotatable bonds is 1. The van der Waals surface area contributed by atoms with E-state index in [4.69, 9.17) is 0 Å². The highest BCUT2D eigenvalue weighted by Crippen LogP contribution is 2.29. The minimum absolute atomic E-state index is 1.04. The number of benzene rings is 1. The summed E-state index contributed by atoms with van der Waals surface area (Å²) < 4.78 is 2.10. The molecule has 0 bridgehead atoms. The molecule has 2 nitrogen and oxygen atoms in total. The Kier molecular flexibility index (Phi) is 1.83. The summed E-state index contributed by atoms with van der Waals surface area (Å²) >= 11 is 0. The lowest BCUT2D eigenvalue weighted by molar-refractivity contribution is 1.18. The van der Waals surface area contributed by atoms with Gasteiger partial charge in [0.05, 0.1) is 16.7 Å². The standard InChI is InChI=1S/C14H12N2/c1-3-16-13-7-5-4-6-11(13)12-8-9-15-10(2)14(12)16/h3-9H,1H2,2H3. The van der Waals surface area contributed by atoms with E-state index in [0.717, 1.165) is 11.2 Å². The van der Waals surface area contributed by atoms with Crippen LogP contribution in [0.25, 0.3) is 28.0 Å². The van der Waals surface area contributed by atoms with Gasteiger partial charge in [-0.05, 0) is 19.1 Å². The van der Waals surface area contributed by atoms with Crippen LogP contribution in [-0.4, -0.2) is 9.55 Å². The van der Waals surface area contributed by atoms with Gasteiger partial charge in [-0.3, -0.25) is 4.98 Å². The molecule has 0 fully saturated rings. The highest BCUT2D eigenvalue weighted by Gasteiger charge is 2.09. The first-order chi connectivity index (χ1) is 7.83. The van der Waals surface area contributed by atoms with E-state index in [-0.39, 0.29) is 0 Å². The summed E-state index contributed by atoms with van der Waals surface area (Å²) in [4.78, 5) is 4.34. The second-order valence-corrected chi connectivity index (χ2v) is 3.86. The van der Waals surface area contributed by atoms with E-state index >= 15 is 0 Å². The van der Waals surface area contributed by atoms with Crippen molar-refractivity contribution in [2.45, 2.75) is 6.92 Å². The SMILES string of the molecule is C=Cn1c2ccccc2c2ccnc(C)c21. The van der Waals surface area contributed by atoms with Gasteiger partial charge in [0.25, 0.3) is 0 Å². The number of aromatic nitrogens is 2. The molecule has 3 rings (SSSR count). The van der Waals surface area contributed by atoms with E-state index in [2.05, 4.69) is 40.4 Å². The number of pyridine rings is 1. The Labute approximate surface area is 93.8 Å². The monoisotopic (exact) mass is 208 g/mol. The van der Waals surface area contributed by atoms with Crippen molar-refractivity contribution in [2.24, 2.45) is 0 Å². The van der Waals surface area contributed by atoms with Gasteiger partial charge in [0.2, 0.25) is 0 Å². The summed E-state index contributed by atoms with van der Waals surface area (Å²) in [5, 5.41) is 2.49. The van der Waals surface area contributed by atoms with Crippen LogP contribution < -0.4 is 0 Å². The first kappa shape index (κ1) is 9.16. The average molecular weight is 208 g/mol. The lowest BCUT2D eigenvalue weighted by Crippen LogP contribution is -1.89. The maximum Gasteiger partial charge on any atom is 0.0748 e. The second-order valence-electron chi connectivity index (χ2n) is 3.86. The smallest absolute Gasteiger partial charge is 0.0748 e. The molecule has 78 valence electrons. The Morgan fingerprint density at radius 1 is 1.19 bits per heavy atom. The maximum absolute atomic E-state index is 4.34. The number of nitrogens with zero attached hydrogens (tertiary/aromatic N) is 2. The molecule has 0 aliphatic carbocycles. The Morgan fingerprint density at radius 2 is 2.00 bits per heavy atom. The molecule has 2 heterocycles. The van der Waals surface area contributed by atoms with Crippen molar-refractivity contribution in [3.63, 3.8) is 0 Å². The van der Waals surface area contributed by atoms with Crippen molar-refractivity contribution in [1.29, 1.82) is 0 Å². The van der Waals surface area contributed by atoms with E-state index < -0.39 is 0 Å². The molecule has 2 aromatic heterocycles. The molecular weight excluding hydrogens is 196 g/mol. The zero-order valence-corrected chi connectivity index (χ0v) is 9.14. The molecule has 3 aromatic rings. The summed E-state index contributed by atoms with van der Waals surface area (Å²) in [6.45, 7) is 5.91. The van der Waals surface area contributed by atoms with Gasteiger partial charge < -0.3 is 4.57 Å². The highest BCUT2D eigenvalue weighted by molar-refractivity contribution is 6.09. The zero-order valence-electron chi connectivity index (χ0n) is 9.14. The minimum Gasteiger partial charge on any atom is -0.315 e. The van der Waals surface area contributed by atoms with Crippen LogP contribution >= 0.6 is 0 Å². The van der Waals surface area contributed by atoms with Crippen LogP contribution in [0.4, 0.5) is 0 Å². The molecule has 0 amide bonds. The third-order valence-electron chi connectivity index (χ3n) is 2.98. The Hall–Kier alpha value is -2.09. The molecule has 0 saturated heterocycles. The van der Waals surface area contributed by atoms with Crippen LogP contribution in [0.1, 0.15) is 5.69 Å². The van der Waals surface area contributed by atoms with Gasteiger partial charge in [-0.1, -0.05) is 24.8 Å². The lowest BCUT2D eigenvalue weighted by Gasteiger charge is -2.00. The van der Waals surface area contributed by atoms with Crippen molar-refractivity contribution in [1.82, 2.24) is 9.55 Å². The van der Waals surface area contributed by atoms with E-state index in [9.17, 15) is 0 Å². The summed E-state index contributed by atoms with van der Waals surface area (Å²) in [5.41, 5.74) is 3.37. The molecule has 16 heavy (non-hydrogen) atoms. The van der Waals surface area contributed by atoms with Crippen molar-refractivity contribution in [3.05, 3.63) is 48.8 Å². The van der Waals surface area contributed by atoms with Crippen molar-refractivity contribution in [3.8, 4) is 0 Å². The fourth-order valence-corrected chi connectivity index (χ4v) is 2.30. The number of aryl methyl sites for hydroxylation is 1.